The van der Waals surface area contributed by atoms with E-state index in [1.54, 1.807) is 6.07 Å². The predicted molar refractivity (Wildman–Crippen MR) is 57.4 cm³/mol. The lowest BCUT2D eigenvalue weighted by Crippen LogP contribution is -2.22. The number of nitrogens with zero attached hydrogens (tertiary/aromatic N) is 3. The van der Waals surface area contributed by atoms with Gasteiger partial charge in [-0.1, -0.05) is 0 Å². The lowest BCUT2D eigenvalue weighted by molar-refractivity contribution is 0.276. The van der Waals surface area contributed by atoms with Crippen molar-refractivity contribution in [1.82, 2.24) is 14.5 Å². The average molecular weight is 221 g/mol. The first-order chi connectivity index (χ1) is 7.76. The molecule has 0 saturated heterocycles. The quantitative estimate of drug-likeness (QED) is 0.776. The van der Waals surface area contributed by atoms with Crippen LogP contribution in [0.5, 0.6) is 5.75 Å². The van der Waals surface area contributed by atoms with Crippen LogP contribution in [0.25, 0.3) is 11.2 Å². The standard InChI is InChI=1S/C10H11N3O3/c1-16-7-4-8-10(11-5-7)12-6-9(15)13(8)2-3-14/h4-6,14H,2-3H2,1H3. The minimum absolute atomic E-state index is 0.115. The molecule has 0 aliphatic rings. The third-order valence-corrected chi connectivity index (χ3v) is 2.24. The minimum Gasteiger partial charge on any atom is -0.495 e. The van der Waals surface area contributed by atoms with Crippen molar-refractivity contribution in [2.24, 2.45) is 0 Å². The number of aromatic nitrogens is 3. The molecule has 0 spiro atoms. The fraction of sp³-hybridized carbons (Fsp3) is 0.300. The van der Waals surface area contributed by atoms with Crippen LogP contribution < -0.4 is 10.3 Å². The second-order valence-electron chi connectivity index (χ2n) is 3.19. The summed E-state index contributed by atoms with van der Waals surface area (Å²) in [5.41, 5.74) is 0.742. The van der Waals surface area contributed by atoms with Gasteiger partial charge in [-0.2, -0.15) is 0 Å². The summed E-state index contributed by atoms with van der Waals surface area (Å²) < 4.78 is 6.44. The number of fused-ring (bicyclic) bond motifs is 1. The van der Waals surface area contributed by atoms with E-state index >= 15 is 0 Å². The molecule has 2 heterocycles. The molecular formula is C10H11N3O3. The lowest BCUT2D eigenvalue weighted by atomic mass is 10.3. The number of hydrogen-bond donors (Lipinski definition) is 1. The summed E-state index contributed by atoms with van der Waals surface area (Å²) in [6.45, 7) is 0.100. The number of hydrogen-bond acceptors (Lipinski definition) is 5. The third kappa shape index (κ3) is 1.74. The Morgan fingerprint density at radius 2 is 2.19 bits per heavy atom. The van der Waals surface area contributed by atoms with Crippen LogP contribution in [0.4, 0.5) is 0 Å². The molecule has 2 aromatic rings. The van der Waals surface area contributed by atoms with E-state index in [2.05, 4.69) is 9.97 Å². The maximum Gasteiger partial charge on any atom is 0.269 e. The first-order valence-corrected chi connectivity index (χ1v) is 4.76. The number of aliphatic hydroxyl groups excluding tert-OH is 1. The molecule has 0 atom stereocenters. The normalized spacial score (nSPS) is 10.6. The van der Waals surface area contributed by atoms with Gasteiger partial charge in [-0.25, -0.2) is 9.97 Å². The van der Waals surface area contributed by atoms with E-state index in [1.807, 2.05) is 0 Å². The Kier molecular flexibility index (Phi) is 2.82. The van der Waals surface area contributed by atoms with Gasteiger partial charge in [0.2, 0.25) is 0 Å². The van der Waals surface area contributed by atoms with E-state index in [1.165, 1.54) is 24.1 Å². The van der Waals surface area contributed by atoms with Crippen molar-refractivity contribution < 1.29 is 9.84 Å². The first-order valence-electron chi connectivity index (χ1n) is 4.76. The highest BCUT2D eigenvalue weighted by molar-refractivity contribution is 5.71. The number of aliphatic hydroxyl groups is 1. The van der Waals surface area contributed by atoms with Gasteiger partial charge in [-0.3, -0.25) is 4.79 Å². The summed E-state index contributed by atoms with van der Waals surface area (Å²) in [4.78, 5) is 19.5. The number of ether oxygens (including phenoxy) is 1. The zero-order chi connectivity index (χ0) is 11.5. The van der Waals surface area contributed by atoms with Crippen LogP contribution in [-0.4, -0.2) is 33.4 Å². The van der Waals surface area contributed by atoms with Crippen molar-refractivity contribution in [2.45, 2.75) is 6.54 Å². The van der Waals surface area contributed by atoms with Crippen molar-refractivity contribution >= 4 is 11.2 Å². The fourth-order valence-electron chi connectivity index (χ4n) is 1.47. The van der Waals surface area contributed by atoms with Crippen molar-refractivity contribution in [1.29, 1.82) is 0 Å². The molecule has 2 aromatic heterocycles. The maximum atomic E-state index is 11.5. The lowest BCUT2D eigenvalue weighted by Gasteiger charge is -2.08. The van der Waals surface area contributed by atoms with Crippen LogP contribution in [0.3, 0.4) is 0 Å². The van der Waals surface area contributed by atoms with E-state index in [-0.39, 0.29) is 18.7 Å². The Hall–Kier alpha value is -1.95. The van der Waals surface area contributed by atoms with E-state index in [9.17, 15) is 4.79 Å². The second-order valence-corrected chi connectivity index (χ2v) is 3.19. The molecule has 0 unspecified atom stereocenters. The topological polar surface area (TPSA) is 77.2 Å². The molecule has 16 heavy (non-hydrogen) atoms. The van der Waals surface area contributed by atoms with Gasteiger partial charge in [-0.05, 0) is 0 Å². The highest BCUT2D eigenvalue weighted by Gasteiger charge is 2.06. The number of pyridine rings is 1. The number of methoxy groups -OCH3 is 1. The maximum absolute atomic E-state index is 11.5. The van der Waals surface area contributed by atoms with Crippen molar-refractivity contribution in [3.8, 4) is 5.75 Å². The molecule has 0 amide bonds. The summed E-state index contributed by atoms with van der Waals surface area (Å²) in [5.74, 6) is 0.548. The molecule has 0 saturated carbocycles. The molecule has 1 N–H and O–H groups in total. The van der Waals surface area contributed by atoms with Crippen molar-refractivity contribution in [2.75, 3.05) is 13.7 Å². The second kappa shape index (κ2) is 4.28. The molecule has 0 radical (unpaired) electrons. The number of rotatable bonds is 3. The fourth-order valence-corrected chi connectivity index (χ4v) is 1.47. The van der Waals surface area contributed by atoms with Gasteiger partial charge in [0.1, 0.15) is 5.75 Å². The van der Waals surface area contributed by atoms with Crippen molar-refractivity contribution in [3.63, 3.8) is 0 Å². The zero-order valence-electron chi connectivity index (χ0n) is 8.75. The van der Waals surface area contributed by atoms with Gasteiger partial charge in [-0.15, -0.1) is 0 Å². The smallest absolute Gasteiger partial charge is 0.269 e. The van der Waals surface area contributed by atoms with Gasteiger partial charge in [0.15, 0.2) is 5.65 Å². The van der Waals surface area contributed by atoms with Gasteiger partial charge in [0, 0.05) is 12.6 Å². The van der Waals surface area contributed by atoms with Crippen molar-refractivity contribution in [3.05, 3.63) is 28.8 Å². The summed E-state index contributed by atoms with van der Waals surface area (Å²) in [6.07, 6.45) is 2.72. The molecule has 0 aliphatic carbocycles. The first kappa shape index (κ1) is 10.6. The molecule has 0 aliphatic heterocycles. The Morgan fingerprint density at radius 1 is 1.44 bits per heavy atom. The Morgan fingerprint density at radius 3 is 2.88 bits per heavy atom. The monoisotopic (exact) mass is 221 g/mol. The van der Waals surface area contributed by atoms with E-state index < -0.39 is 0 Å². The Bertz CT molecular complexity index is 565. The minimum atomic E-state index is -0.267. The molecular weight excluding hydrogens is 210 g/mol. The van der Waals surface area contributed by atoms with Crippen LogP contribution in [0, 0.1) is 0 Å². The molecule has 0 bridgehead atoms. The Labute approximate surface area is 91.1 Å². The molecule has 2 rings (SSSR count). The van der Waals surface area contributed by atoms with Gasteiger partial charge < -0.3 is 14.4 Å². The van der Waals surface area contributed by atoms with Crippen LogP contribution in [0.15, 0.2) is 23.3 Å². The summed E-state index contributed by atoms with van der Waals surface area (Å²) in [7, 11) is 1.52. The zero-order valence-corrected chi connectivity index (χ0v) is 8.75. The average Bonchev–Trinajstić information content (AvgIpc) is 2.32. The molecule has 6 nitrogen and oxygen atoms in total. The predicted octanol–water partition coefficient (Wildman–Crippen LogP) is -0.208. The van der Waals surface area contributed by atoms with Crippen LogP contribution in [0.1, 0.15) is 0 Å². The molecule has 84 valence electrons. The van der Waals surface area contributed by atoms with Crippen LogP contribution >= 0.6 is 0 Å². The summed E-state index contributed by atoms with van der Waals surface area (Å²) in [5, 5.41) is 8.90. The Balaban J connectivity index is 2.72. The van der Waals surface area contributed by atoms with Crippen LogP contribution in [-0.2, 0) is 6.54 Å². The largest absolute Gasteiger partial charge is 0.495 e. The third-order valence-electron chi connectivity index (χ3n) is 2.24. The van der Waals surface area contributed by atoms with Gasteiger partial charge in [0.05, 0.1) is 31.6 Å². The van der Waals surface area contributed by atoms with Crippen LogP contribution in [0.2, 0.25) is 0 Å². The van der Waals surface area contributed by atoms with E-state index in [4.69, 9.17) is 9.84 Å². The van der Waals surface area contributed by atoms with E-state index in [0.717, 1.165) is 0 Å². The highest BCUT2D eigenvalue weighted by atomic mass is 16.5. The van der Waals surface area contributed by atoms with Gasteiger partial charge in [0.25, 0.3) is 5.56 Å². The van der Waals surface area contributed by atoms with Gasteiger partial charge >= 0.3 is 0 Å². The summed E-state index contributed by atoms with van der Waals surface area (Å²) in [6, 6.07) is 1.67. The highest BCUT2D eigenvalue weighted by Crippen LogP contribution is 2.14. The molecule has 6 heteroatoms. The molecule has 0 fully saturated rings. The van der Waals surface area contributed by atoms with E-state index in [0.29, 0.717) is 16.9 Å². The summed E-state index contributed by atoms with van der Waals surface area (Å²) >= 11 is 0. The SMILES string of the molecule is COc1cnc2ncc(=O)n(CCO)c2c1. The molecule has 0 aromatic carbocycles.